The molecule has 0 aliphatic carbocycles. The third-order valence-electron chi connectivity index (χ3n) is 3.19. The summed E-state index contributed by atoms with van der Waals surface area (Å²) < 4.78 is 0. The van der Waals surface area contributed by atoms with E-state index in [-0.39, 0.29) is 5.41 Å². The van der Waals surface area contributed by atoms with Gasteiger partial charge in [-0.15, -0.1) is 0 Å². The number of hydrogen-bond acceptors (Lipinski definition) is 2. The minimum Gasteiger partial charge on any atom is -0.293 e. The SMILES string of the molecule is CC(C)(C1=NCCC1)C1=NCCC1. The van der Waals surface area contributed by atoms with Gasteiger partial charge >= 0.3 is 0 Å². The summed E-state index contributed by atoms with van der Waals surface area (Å²) in [6.45, 7) is 6.63. The van der Waals surface area contributed by atoms with E-state index in [1.807, 2.05) is 0 Å². The lowest BCUT2D eigenvalue weighted by Crippen LogP contribution is -2.31. The molecule has 2 nitrogen and oxygen atoms in total. The van der Waals surface area contributed by atoms with Crippen LogP contribution in [0.15, 0.2) is 9.98 Å². The average molecular weight is 178 g/mol. The van der Waals surface area contributed by atoms with Gasteiger partial charge in [0.15, 0.2) is 0 Å². The molecule has 0 bridgehead atoms. The number of aliphatic imine (C=N–C) groups is 2. The monoisotopic (exact) mass is 178 g/mol. The van der Waals surface area contributed by atoms with Crippen molar-refractivity contribution in [1.29, 1.82) is 0 Å². The minimum atomic E-state index is 0.160. The van der Waals surface area contributed by atoms with E-state index >= 15 is 0 Å². The van der Waals surface area contributed by atoms with Crippen molar-refractivity contribution in [2.75, 3.05) is 13.1 Å². The molecule has 0 aromatic carbocycles. The first kappa shape index (κ1) is 8.92. The summed E-state index contributed by atoms with van der Waals surface area (Å²) in [6, 6.07) is 0. The maximum Gasteiger partial charge on any atom is 0.0404 e. The lowest BCUT2D eigenvalue weighted by atomic mass is 9.80. The third-order valence-corrected chi connectivity index (χ3v) is 3.19. The molecule has 0 amide bonds. The Morgan fingerprint density at radius 3 is 1.69 bits per heavy atom. The molecule has 0 saturated heterocycles. The Bertz CT molecular complexity index is 235. The highest BCUT2D eigenvalue weighted by Crippen LogP contribution is 2.30. The molecule has 0 fully saturated rings. The van der Waals surface area contributed by atoms with Gasteiger partial charge in [-0.1, -0.05) is 0 Å². The molecule has 2 rings (SSSR count). The number of rotatable bonds is 2. The van der Waals surface area contributed by atoms with Crippen molar-refractivity contribution in [3.63, 3.8) is 0 Å². The van der Waals surface area contributed by atoms with Crippen LogP contribution in [-0.2, 0) is 0 Å². The molecule has 72 valence electrons. The van der Waals surface area contributed by atoms with Gasteiger partial charge in [-0.3, -0.25) is 9.98 Å². The van der Waals surface area contributed by atoms with Gasteiger partial charge in [0.2, 0.25) is 0 Å². The Morgan fingerprint density at radius 2 is 1.38 bits per heavy atom. The molecule has 0 radical (unpaired) electrons. The molecule has 0 unspecified atom stereocenters. The van der Waals surface area contributed by atoms with E-state index < -0.39 is 0 Å². The van der Waals surface area contributed by atoms with Crippen LogP contribution in [0, 0.1) is 5.41 Å². The van der Waals surface area contributed by atoms with Gasteiger partial charge in [0, 0.05) is 29.9 Å². The van der Waals surface area contributed by atoms with Crippen LogP contribution in [-0.4, -0.2) is 24.5 Å². The average Bonchev–Trinajstić information content (AvgIpc) is 2.78. The number of nitrogens with zero attached hydrogens (tertiary/aromatic N) is 2. The third kappa shape index (κ3) is 1.54. The highest BCUT2D eigenvalue weighted by Gasteiger charge is 2.32. The summed E-state index contributed by atoms with van der Waals surface area (Å²) in [5.41, 5.74) is 2.92. The first-order valence-corrected chi connectivity index (χ1v) is 5.29. The van der Waals surface area contributed by atoms with Crippen molar-refractivity contribution in [1.82, 2.24) is 0 Å². The van der Waals surface area contributed by atoms with Crippen molar-refractivity contribution < 1.29 is 0 Å². The van der Waals surface area contributed by atoms with Crippen LogP contribution in [0.1, 0.15) is 39.5 Å². The predicted molar refractivity (Wildman–Crippen MR) is 56.9 cm³/mol. The second kappa shape index (κ2) is 3.24. The second-order valence-corrected chi connectivity index (χ2v) is 4.49. The molecular formula is C11H18N2. The first-order chi connectivity index (χ1) is 6.21. The van der Waals surface area contributed by atoms with Gasteiger partial charge in [-0.25, -0.2) is 0 Å². The normalized spacial score (nSPS) is 23.2. The summed E-state index contributed by atoms with van der Waals surface area (Å²) in [5.74, 6) is 0. The van der Waals surface area contributed by atoms with Crippen LogP contribution >= 0.6 is 0 Å². The van der Waals surface area contributed by atoms with Crippen LogP contribution in [0.2, 0.25) is 0 Å². The molecule has 13 heavy (non-hydrogen) atoms. The molecule has 0 atom stereocenters. The fourth-order valence-electron chi connectivity index (χ4n) is 2.27. The summed E-state index contributed by atoms with van der Waals surface area (Å²) in [7, 11) is 0. The minimum absolute atomic E-state index is 0.160. The predicted octanol–water partition coefficient (Wildman–Crippen LogP) is 2.48. The van der Waals surface area contributed by atoms with Gasteiger partial charge in [-0.05, 0) is 39.5 Å². The van der Waals surface area contributed by atoms with Crippen LogP contribution in [0.4, 0.5) is 0 Å². The van der Waals surface area contributed by atoms with Gasteiger partial charge in [-0.2, -0.15) is 0 Å². The maximum absolute atomic E-state index is 4.59. The van der Waals surface area contributed by atoms with Crippen LogP contribution in [0.3, 0.4) is 0 Å². The summed E-state index contributed by atoms with van der Waals surface area (Å²) >= 11 is 0. The zero-order valence-electron chi connectivity index (χ0n) is 8.64. The van der Waals surface area contributed by atoms with Gasteiger partial charge < -0.3 is 0 Å². The smallest absolute Gasteiger partial charge is 0.0404 e. The topological polar surface area (TPSA) is 24.7 Å². The molecule has 2 aliphatic heterocycles. The summed E-state index contributed by atoms with van der Waals surface area (Å²) in [4.78, 5) is 9.18. The second-order valence-electron chi connectivity index (χ2n) is 4.49. The van der Waals surface area contributed by atoms with Gasteiger partial charge in [0.05, 0.1) is 0 Å². The Hall–Kier alpha value is -0.660. The lowest BCUT2D eigenvalue weighted by Gasteiger charge is -2.25. The van der Waals surface area contributed by atoms with Crippen LogP contribution in [0.25, 0.3) is 0 Å². The molecule has 0 saturated carbocycles. The highest BCUT2D eigenvalue weighted by atomic mass is 14.8. The molecule has 2 aliphatic rings. The Morgan fingerprint density at radius 1 is 0.923 bits per heavy atom. The Balaban J connectivity index is 2.18. The molecule has 0 aromatic heterocycles. The molecule has 2 heteroatoms. The zero-order valence-corrected chi connectivity index (χ0v) is 8.64. The van der Waals surface area contributed by atoms with E-state index in [1.165, 1.54) is 37.1 Å². The largest absolute Gasteiger partial charge is 0.293 e. The zero-order chi connectivity index (χ0) is 9.31. The van der Waals surface area contributed by atoms with E-state index in [4.69, 9.17) is 0 Å². The van der Waals surface area contributed by atoms with Crippen LogP contribution < -0.4 is 0 Å². The fourth-order valence-corrected chi connectivity index (χ4v) is 2.27. The first-order valence-electron chi connectivity index (χ1n) is 5.29. The fraction of sp³-hybridized carbons (Fsp3) is 0.818. The van der Waals surface area contributed by atoms with E-state index in [2.05, 4.69) is 23.8 Å². The summed E-state index contributed by atoms with van der Waals surface area (Å²) in [5, 5.41) is 0. The van der Waals surface area contributed by atoms with E-state index in [0.717, 1.165) is 13.1 Å². The highest BCUT2D eigenvalue weighted by molar-refractivity contribution is 6.11. The number of hydrogen-bond donors (Lipinski definition) is 0. The quantitative estimate of drug-likeness (QED) is 0.620. The van der Waals surface area contributed by atoms with E-state index in [0.29, 0.717) is 0 Å². The van der Waals surface area contributed by atoms with Gasteiger partial charge in [0.1, 0.15) is 0 Å². The van der Waals surface area contributed by atoms with E-state index in [1.54, 1.807) is 0 Å². The lowest BCUT2D eigenvalue weighted by molar-refractivity contribution is 0.702. The molecule has 0 spiro atoms. The van der Waals surface area contributed by atoms with Crippen molar-refractivity contribution in [2.24, 2.45) is 15.4 Å². The Labute approximate surface area is 80.2 Å². The van der Waals surface area contributed by atoms with Gasteiger partial charge in [0.25, 0.3) is 0 Å². The molecule has 0 N–H and O–H groups in total. The molecular weight excluding hydrogens is 160 g/mol. The standard InChI is InChI=1S/C11H18N2/c1-11(2,9-5-3-7-12-9)10-6-4-8-13-10/h3-8H2,1-2H3. The molecule has 0 aromatic rings. The Kier molecular flexibility index (Phi) is 2.22. The maximum atomic E-state index is 4.59. The summed E-state index contributed by atoms with van der Waals surface area (Å²) in [6.07, 6.45) is 4.86. The van der Waals surface area contributed by atoms with Crippen molar-refractivity contribution >= 4 is 11.4 Å². The molecule has 2 heterocycles. The van der Waals surface area contributed by atoms with Crippen molar-refractivity contribution in [3.8, 4) is 0 Å². The van der Waals surface area contributed by atoms with Crippen LogP contribution in [0.5, 0.6) is 0 Å². The van der Waals surface area contributed by atoms with E-state index in [9.17, 15) is 0 Å². The van der Waals surface area contributed by atoms with Crippen molar-refractivity contribution in [2.45, 2.75) is 39.5 Å². The van der Waals surface area contributed by atoms with Crippen molar-refractivity contribution in [3.05, 3.63) is 0 Å².